The van der Waals surface area contributed by atoms with Gasteiger partial charge in [-0.05, 0) is 38.5 Å². The van der Waals surface area contributed by atoms with Crippen molar-refractivity contribution in [3.05, 3.63) is 0 Å². The Morgan fingerprint density at radius 1 is 1.00 bits per heavy atom. The summed E-state index contributed by atoms with van der Waals surface area (Å²) in [4.78, 5) is 0. The second-order valence-corrected chi connectivity index (χ2v) is 6.24. The summed E-state index contributed by atoms with van der Waals surface area (Å²) in [6.45, 7) is 3.25. The van der Waals surface area contributed by atoms with Crippen molar-refractivity contribution in [3.8, 4) is 0 Å². The first-order valence-electron chi connectivity index (χ1n) is 8.70. The fourth-order valence-electron chi connectivity index (χ4n) is 2.99. The molecule has 0 bridgehead atoms. The van der Waals surface area contributed by atoms with Crippen LogP contribution >= 0.6 is 0 Å². The molecule has 19 heavy (non-hydrogen) atoms. The van der Waals surface area contributed by atoms with E-state index in [-0.39, 0.29) is 0 Å². The quantitative estimate of drug-likeness (QED) is 0.516. The molecule has 1 fully saturated rings. The Kier molecular flexibility index (Phi) is 10.5. The molecule has 1 aliphatic rings. The van der Waals surface area contributed by atoms with Gasteiger partial charge in [0.2, 0.25) is 0 Å². The van der Waals surface area contributed by atoms with Crippen LogP contribution in [0.1, 0.15) is 90.4 Å². The molecule has 2 heteroatoms. The Morgan fingerprint density at radius 3 is 2.37 bits per heavy atom. The van der Waals surface area contributed by atoms with Crippen molar-refractivity contribution in [1.82, 2.24) is 0 Å². The number of ether oxygens (including phenoxy) is 1. The number of rotatable bonds is 12. The summed E-state index contributed by atoms with van der Waals surface area (Å²) >= 11 is 0. The summed E-state index contributed by atoms with van der Waals surface area (Å²) in [6.07, 6.45) is 17.7. The Morgan fingerprint density at radius 2 is 1.68 bits per heavy atom. The molecule has 0 amide bonds. The lowest BCUT2D eigenvalue weighted by Gasteiger charge is -2.13. The van der Waals surface area contributed by atoms with E-state index in [9.17, 15) is 0 Å². The van der Waals surface area contributed by atoms with E-state index >= 15 is 0 Å². The molecule has 0 saturated carbocycles. The van der Waals surface area contributed by atoms with E-state index in [0.717, 1.165) is 6.61 Å². The maximum Gasteiger partial charge on any atom is 0.0576 e. The maximum atomic E-state index is 6.18. The van der Waals surface area contributed by atoms with E-state index in [2.05, 4.69) is 6.92 Å². The molecule has 0 aliphatic carbocycles. The third kappa shape index (κ3) is 9.45. The zero-order valence-electron chi connectivity index (χ0n) is 13.0. The van der Waals surface area contributed by atoms with Gasteiger partial charge in [-0.3, -0.25) is 0 Å². The van der Waals surface area contributed by atoms with Gasteiger partial charge >= 0.3 is 0 Å². The summed E-state index contributed by atoms with van der Waals surface area (Å²) < 4.78 is 5.64. The van der Waals surface area contributed by atoms with E-state index in [1.54, 1.807) is 0 Å². The lowest BCUT2D eigenvalue weighted by molar-refractivity contribution is 0.101. The van der Waals surface area contributed by atoms with Gasteiger partial charge in [0.25, 0.3) is 0 Å². The van der Waals surface area contributed by atoms with E-state index < -0.39 is 0 Å². The SMILES string of the molecule is CCCCCCCCCC(N)CCCC1CCCO1. The minimum absolute atomic E-state index is 0.428. The van der Waals surface area contributed by atoms with Crippen LogP contribution in [0, 0.1) is 0 Å². The van der Waals surface area contributed by atoms with Crippen LogP contribution in [0.15, 0.2) is 0 Å². The van der Waals surface area contributed by atoms with Crippen molar-refractivity contribution in [3.63, 3.8) is 0 Å². The van der Waals surface area contributed by atoms with Gasteiger partial charge < -0.3 is 10.5 Å². The van der Waals surface area contributed by atoms with E-state index in [4.69, 9.17) is 10.5 Å². The molecule has 0 radical (unpaired) electrons. The molecule has 2 unspecified atom stereocenters. The second kappa shape index (κ2) is 11.7. The third-order valence-electron chi connectivity index (χ3n) is 4.30. The summed E-state index contributed by atoms with van der Waals surface area (Å²) in [5.74, 6) is 0. The lowest BCUT2D eigenvalue weighted by Crippen LogP contribution is -2.20. The van der Waals surface area contributed by atoms with Crippen LogP contribution in [0.25, 0.3) is 0 Å². The van der Waals surface area contributed by atoms with Gasteiger partial charge in [-0.2, -0.15) is 0 Å². The highest BCUT2D eigenvalue weighted by atomic mass is 16.5. The van der Waals surface area contributed by atoms with Gasteiger partial charge in [0.05, 0.1) is 6.10 Å². The van der Waals surface area contributed by atoms with Crippen molar-refractivity contribution in [2.75, 3.05) is 6.61 Å². The van der Waals surface area contributed by atoms with Gasteiger partial charge in [0.15, 0.2) is 0 Å². The Bertz CT molecular complexity index is 190. The summed E-state index contributed by atoms with van der Waals surface area (Å²) in [5.41, 5.74) is 6.18. The molecule has 2 atom stereocenters. The second-order valence-electron chi connectivity index (χ2n) is 6.24. The standard InChI is InChI=1S/C17H35NO/c1-2-3-4-5-6-7-8-11-16(18)12-9-13-17-14-10-15-19-17/h16-17H,2-15,18H2,1H3. The summed E-state index contributed by atoms with van der Waals surface area (Å²) in [6, 6.07) is 0.428. The van der Waals surface area contributed by atoms with Gasteiger partial charge in [-0.1, -0.05) is 51.9 Å². The number of hydrogen-bond donors (Lipinski definition) is 1. The molecule has 2 nitrogen and oxygen atoms in total. The molecule has 2 N–H and O–H groups in total. The van der Waals surface area contributed by atoms with Crippen molar-refractivity contribution < 1.29 is 4.74 Å². The van der Waals surface area contributed by atoms with E-state index in [0.29, 0.717) is 12.1 Å². The molecule has 1 heterocycles. The Hall–Kier alpha value is -0.0800. The highest BCUT2D eigenvalue weighted by Gasteiger charge is 2.15. The number of nitrogens with two attached hydrogens (primary N) is 1. The van der Waals surface area contributed by atoms with Crippen molar-refractivity contribution in [2.24, 2.45) is 5.73 Å². The Labute approximate surface area is 120 Å². The minimum atomic E-state index is 0.428. The molecule has 0 aromatic heterocycles. The fourth-order valence-corrected chi connectivity index (χ4v) is 2.99. The van der Waals surface area contributed by atoms with Crippen LogP contribution in [0.2, 0.25) is 0 Å². The monoisotopic (exact) mass is 269 g/mol. The number of hydrogen-bond acceptors (Lipinski definition) is 2. The number of unbranched alkanes of at least 4 members (excludes halogenated alkanes) is 6. The molecule has 114 valence electrons. The normalized spacial score (nSPS) is 20.8. The predicted octanol–water partition coefficient (Wildman–Crippen LogP) is 4.80. The molecule has 0 aromatic rings. The predicted molar refractivity (Wildman–Crippen MR) is 83.4 cm³/mol. The lowest BCUT2D eigenvalue weighted by atomic mass is 10.0. The maximum absolute atomic E-state index is 6.18. The molecule has 1 saturated heterocycles. The molecule has 0 spiro atoms. The topological polar surface area (TPSA) is 35.2 Å². The van der Waals surface area contributed by atoms with Gasteiger partial charge in [0.1, 0.15) is 0 Å². The van der Waals surface area contributed by atoms with Crippen molar-refractivity contribution >= 4 is 0 Å². The largest absolute Gasteiger partial charge is 0.378 e. The summed E-state index contributed by atoms with van der Waals surface area (Å²) in [7, 11) is 0. The van der Waals surface area contributed by atoms with E-state index in [1.807, 2.05) is 0 Å². The first-order valence-corrected chi connectivity index (χ1v) is 8.70. The molecule has 0 aromatic carbocycles. The van der Waals surface area contributed by atoms with Crippen LogP contribution < -0.4 is 5.73 Å². The first kappa shape index (κ1) is 17.0. The minimum Gasteiger partial charge on any atom is -0.378 e. The zero-order chi connectivity index (χ0) is 13.8. The van der Waals surface area contributed by atoms with Crippen LogP contribution in [-0.2, 0) is 4.74 Å². The van der Waals surface area contributed by atoms with Crippen molar-refractivity contribution in [2.45, 2.75) is 103 Å². The average molecular weight is 269 g/mol. The van der Waals surface area contributed by atoms with Crippen LogP contribution in [-0.4, -0.2) is 18.8 Å². The van der Waals surface area contributed by atoms with Gasteiger partial charge in [-0.25, -0.2) is 0 Å². The highest BCUT2D eigenvalue weighted by molar-refractivity contribution is 4.68. The highest BCUT2D eigenvalue weighted by Crippen LogP contribution is 2.19. The van der Waals surface area contributed by atoms with E-state index in [1.165, 1.54) is 83.5 Å². The first-order chi connectivity index (χ1) is 9.33. The third-order valence-corrected chi connectivity index (χ3v) is 4.30. The summed E-state index contributed by atoms with van der Waals surface area (Å²) in [5, 5.41) is 0. The van der Waals surface area contributed by atoms with Crippen LogP contribution in [0.3, 0.4) is 0 Å². The fraction of sp³-hybridized carbons (Fsp3) is 1.00. The van der Waals surface area contributed by atoms with Crippen LogP contribution in [0.5, 0.6) is 0 Å². The van der Waals surface area contributed by atoms with Crippen molar-refractivity contribution in [1.29, 1.82) is 0 Å². The van der Waals surface area contributed by atoms with Gasteiger partial charge in [0, 0.05) is 12.6 Å². The molecule has 1 aliphatic heterocycles. The smallest absolute Gasteiger partial charge is 0.0576 e. The Balaban J connectivity index is 1.80. The van der Waals surface area contributed by atoms with Gasteiger partial charge in [-0.15, -0.1) is 0 Å². The molecule has 1 rings (SSSR count). The molecular formula is C17H35NO. The average Bonchev–Trinajstić information content (AvgIpc) is 2.91. The molecular weight excluding hydrogens is 234 g/mol. The zero-order valence-corrected chi connectivity index (χ0v) is 13.0. The van der Waals surface area contributed by atoms with Crippen LogP contribution in [0.4, 0.5) is 0 Å².